The highest BCUT2D eigenvalue weighted by molar-refractivity contribution is 6.33. The number of methoxy groups -OCH3 is 1. The molecule has 2 aromatic carbocycles. The molecular formula is C28H36ClN5O4. The number of aromatic nitrogens is 1. The summed E-state index contributed by atoms with van der Waals surface area (Å²) in [5, 5.41) is 6.66. The molecule has 0 saturated carbocycles. The number of rotatable bonds is 11. The lowest BCUT2D eigenvalue weighted by atomic mass is 10.1. The minimum atomic E-state index is -0.299. The van der Waals surface area contributed by atoms with Crippen molar-refractivity contribution in [3.8, 4) is 23.0 Å². The molecule has 1 saturated heterocycles. The van der Waals surface area contributed by atoms with Crippen LogP contribution in [0.5, 0.6) is 23.0 Å². The van der Waals surface area contributed by atoms with Crippen LogP contribution in [0.2, 0.25) is 5.02 Å². The maximum atomic E-state index is 12.0. The third-order valence-electron chi connectivity index (χ3n) is 6.41. The summed E-state index contributed by atoms with van der Waals surface area (Å²) in [6, 6.07) is 10.4. The van der Waals surface area contributed by atoms with E-state index >= 15 is 0 Å². The van der Waals surface area contributed by atoms with E-state index in [2.05, 4.69) is 32.5 Å². The van der Waals surface area contributed by atoms with Crippen LogP contribution in [0, 0.1) is 0 Å². The highest BCUT2D eigenvalue weighted by Crippen LogP contribution is 2.38. The van der Waals surface area contributed by atoms with Gasteiger partial charge in [0, 0.05) is 63.0 Å². The fourth-order valence-corrected chi connectivity index (χ4v) is 4.44. The molecule has 2 amide bonds. The number of nitrogens with one attached hydrogen (secondary N) is 2. The zero-order valence-corrected chi connectivity index (χ0v) is 23.0. The normalized spacial score (nSPS) is 14.3. The molecular weight excluding hydrogens is 506 g/mol. The maximum absolute atomic E-state index is 12.0. The molecule has 0 aliphatic carbocycles. The van der Waals surface area contributed by atoms with Crippen molar-refractivity contribution >= 4 is 34.2 Å². The van der Waals surface area contributed by atoms with Gasteiger partial charge in [-0.3, -0.25) is 4.98 Å². The van der Waals surface area contributed by atoms with Gasteiger partial charge in [-0.05, 0) is 44.2 Å². The van der Waals surface area contributed by atoms with Crippen molar-refractivity contribution in [3.63, 3.8) is 0 Å². The molecule has 4 rings (SSSR count). The number of hydrogen-bond acceptors (Lipinski definition) is 7. The summed E-state index contributed by atoms with van der Waals surface area (Å²) >= 11 is 6.40. The first-order valence-corrected chi connectivity index (χ1v) is 13.4. The van der Waals surface area contributed by atoms with Crippen LogP contribution in [-0.4, -0.2) is 80.8 Å². The van der Waals surface area contributed by atoms with E-state index in [1.807, 2.05) is 19.1 Å². The van der Waals surface area contributed by atoms with Crippen molar-refractivity contribution in [2.75, 3.05) is 65.3 Å². The van der Waals surface area contributed by atoms with E-state index in [0.29, 0.717) is 46.9 Å². The molecule has 0 spiro atoms. The van der Waals surface area contributed by atoms with Gasteiger partial charge < -0.3 is 34.6 Å². The molecule has 204 valence electrons. The fraction of sp³-hybridized carbons (Fsp3) is 0.429. The second kappa shape index (κ2) is 13.5. The fourth-order valence-electron chi connectivity index (χ4n) is 4.22. The Labute approximate surface area is 229 Å². The van der Waals surface area contributed by atoms with E-state index in [9.17, 15) is 4.79 Å². The number of carbonyl (C=O) groups excluding carboxylic acids is 1. The van der Waals surface area contributed by atoms with Gasteiger partial charge in [-0.15, -0.1) is 0 Å². The van der Waals surface area contributed by atoms with E-state index in [1.54, 1.807) is 37.6 Å². The van der Waals surface area contributed by atoms with Crippen LogP contribution >= 0.6 is 11.6 Å². The second-order valence-corrected chi connectivity index (χ2v) is 9.71. The number of benzene rings is 2. The third kappa shape index (κ3) is 7.40. The molecule has 3 aromatic rings. The standard InChI is InChI=1S/C28H36ClN5O4/c1-4-9-31-28(35)32-23-7-6-20(17-22(23)29)38-25-8-10-30-24-19-27(26(36-3)18-21(24)25)37-16-5-11-34-14-12-33(2)13-15-34/h6-8,10,17-19H,4-5,9,11-16H2,1-3H3,(H2,31,32,35). The molecule has 0 radical (unpaired) electrons. The number of likely N-dealkylation sites (N-methyl/N-ethyl adjacent to an activating group) is 1. The van der Waals surface area contributed by atoms with Crippen molar-refractivity contribution in [3.05, 3.63) is 47.6 Å². The first-order chi connectivity index (χ1) is 18.5. The number of piperazine rings is 1. The van der Waals surface area contributed by atoms with Crippen LogP contribution in [0.25, 0.3) is 10.9 Å². The summed E-state index contributed by atoms with van der Waals surface area (Å²) in [7, 11) is 3.79. The Balaban J connectivity index is 1.42. The Kier molecular flexibility index (Phi) is 9.86. The largest absolute Gasteiger partial charge is 0.493 e. The Morgan fingerprint density at radius 2 is 1.89 bits per heavy atom. The number of ether oxygens (including phenoxy) is 3. The predicted molar refractivity (Wildman–Crippen MR) is 151 cm³/mol. The van der Waals surface area contributed by atoms with Crippen molar-refractivity contribution in [2.45, 2.75) is 19.8 Å². The second-order valence-electron chi connectivity index (χ2n) is 9.30. The molecule has 1 aliphatic rings. The quantitative estimate of drug-likeness (QED) is 0.321. The van der Waals surface area contributed by atoms with Crippen LogP contribution in [0.4, 0.5) is 10.5 Å². The Morgan fingerprint density at radius 1 is 1.08 bits per heavy atom. The van der Waals surface area contributed by atoms with Crippen LogP contribution in [0.1, 0.15) is 19.8 Å². The van der Waals surface area contributed by atoms with Crippen LogP contribution < -0.4 is 24.8 Å². The highest BCUT2D eigenvalue weighted by Gasteiger charge is 2.15. The lowest BCUT2D eigenvalue weighted by molar-refractivity contribution is 0.145. The Morgan fingerprint density at radius 3 is 2.63 bits per heavy atom. The van der Waals surface area contributed by atoms with Gasteiger partial charge in [0.25, 0.3) is 0 Å². The number of nitrogens with zero attached hydrogens (tertiary/aromatic N) is 3. The van der Waals surface area contributed by atoms with Crippen molar-refractivity contribution < 1.29 is 19.0 Å². The van der Waals surface area contributed by atoms with E-state index < -0.39 is 0 Å². The maximum Gasteiger partial charge on any atom is 0.319 e. The van der Waals surface area contributed by atoms with E-state index in [0.717, 1.165) is 56.5 Å². The Bertz CT molecular complexity index is 1230. The molecule has 0 unspecified atom stereocenters. The molecule has 0 bridgehead atoms. The number of hydrogen-bond donors (Lipinski definition) is 2. The van der Waals surface area contributed by atoms with E-state index in [4.69, 9.17) is 25.8 Å². The number of carbonyl (C=O) groups is 1. The van der Waals surface area contributed by atoms with E-state index in [1.165, 1.54) is 0 Å². The van der Waals surface area contributed by atoms with Crippen LogP contribution in [0.3, 0.4) is 0 Å². The van der Waals surface area contributed by atoms with Gasteiger partial charge in [-0.1, -0.05) is 18.5 Å². The van der Waals surface area contributed by atoms with Crippen LogP contribution in [0.15, 0.2) is 42.6 Å². The smallest absolute Gasteiger partial charge is 0.319 e. The van der Waals surface area contributed by atoms with Gasteiger partial charge in [0.1, 0.15) is 11.5 Å². The molecule has 2 heterocycles. The number of fused-ring (bicyclic) bond motifs is 1. The summed E-state index contributed by atoms with van der Waals surface area (Å²) in [4.78, 5) is 21.3. The number of pyridine rings is 1. The summed E-state index contributed by atoms with van der Waals surface area (Å²) in [5.74, 6) is 2.41. The van der Waals surface area contributed by atoms with Gasteiger partial charge >= 0.3 is 6.03 Å². The van der Waals surface area contributed by atoms with Gasteiger partial charge in [0.05, 0.1) is 29.9 Å². The highest BCUT2D eigenvalue weighted by atomic mass is 35.5. The molecule has 2 N–H and O–H groups in total. The van der Waals surface area contributed by atoms with Crippen LogP contribution in [-0.2, 0) is 0 Å². The summed E-state index contributed by atoms with van der Waals surface area (Å²) in [6.07, 6.45) is 3.48. The third-order valence-corrected chi connectivity index (χ3v) is 6.72. The summed E-state index contributed by atoms with van der Waals surface area (Å²) in [6.45, 7) is 8.61. The molecule has 38 heavy (non-hydrogen) atoms. The SMILES string of the molecule is CCCNC(=O)Nc1ccc(Oc2ccnc3cc(OCCCN4CCN(C)CC4)c(OC)cc23)cc1Cl. The predicted octanol–water partition coefficient (Wildman–Crippen LogP) is 5.24. The monoisotopic (exact) mass is 541 g/mol. The number of anilines is 1. The van der Waals surface area contributed by atoms with Gasteiger partial charge in [0.2, 0.25) is 0 Å². The van der Waals surface area contributed by atoms with Crippen molar-refractivity contribution in [2.24, 2.45) is 0 Å². The van der Waals surface area contributed by atoms with Gasteiger partial charge in [-0.2, -0.15) is 0 Å². The molecule has 1 aromatic heterocycles. The zero-order valence-electron chi connectivity index (χ0n) is 22.3. The van der Waals surface area contributed by atoms with Crippen molar-refractivity contribution in [1.82, 2.24) is 20.1 Å². The average molecular weight is 542 g/mol. The van der Waals surface area contributed by atoms with Gasteiger partial charge in [-0.25, -0.2) is 4.79 Å². The van der Waals surface area contributed by atoms with E-state index in [-0.39, 0.29) is 6.03 Å². The molecule has 9 nitrogen and oxygen atoms in total. The molecule has 10 heteroatoms. The minimum absolute atomic E-state index is 0.299. The lowest BCUT2D eigenvalue weighted by Crippen LogP contribution is -2.44. The first kappa shape index (κ1) is 27.8. The summed E-state index contributed by atoms with van der Waals surface area (Å²) < 4.78 is 17.9. The average Bonchev–Trinajstić information content (AvgIpc) is 2.92. The zero-order chi connectivity index (χ0) is 26.9. The van der Waals surface area contributed by atoms with Crippen molar-refractivity contribution in [1.29, 1.82) is 0 Å². The number of halogens is 1. The topological polar surface area (TPSA) is 88.2 Å². The number of amides is 2. The Hall–Kier alpha value is -3.27. The number of urea groups is 1. The molecule has 1 aliphatic heterocycles. The van der Waals surface area contributed by atoms with Gasteiger partial charge in [0.15, 0.2) is 11.5 Å². The minimum Gasteiger partial charge on any atom is -0.493 e. The summed E-state index contributed by atoms with van der Waals surface area (Å²) in [5.41, 5.74) is 1.23. The molecule has 0 atom stereocenters. The molecule has 1 fully saturated rings. The lowest BCUT2D eigenvalue weighted by Gasteiger charge is -2.32. The first-order valence-electron chi connectivity index (χ1n) is 13.0.